The van der Waals surface area contributed by atoms with Gasteiger partial charge in [0.05, 0.1) is 25.6 Å². The molecule has 3 rings (SSSR count). The minimum atomic E-state index is -0.556. The molecule has 0 bridgehead atoms. The predicted molar refractivity (Wildman–Crippen MR) is 76.1 cm³/mol. The molecule has 2 aromatic rings. The number of rotatable bonds is 4. The molecule has 0 amide bonds. The zero-order chi connectivity index (χ0) is 13.8. The average molecular weight is 272 g/mol. The van der Waals surface area contributed by atoms with Gasteiger partial charge in [-0.2, -0.15) is 0 Å². The van der Waals surface area contributed by atoms with Crippen molar-refractivity contribution in [2.24, 2.45) is 0 Å². The van der Waals surface area contributed by atoms with Gasteiger partial charge in [0, 0.05) is 25.2 Å². The number of aromatic nitrogens is 2. The van der Waals surface area contributed by atoms with Gasteiger partial charge in [0.2, 0.25) is 0 Å². The van der Waals surface area contributed by atoms with Crippen LogP contribution < -0.4 is 0 Å². The third-order valence-electron chi connectivity index (χ3n) is 3.79. The second kappa shape index (κ2) is 5.77. The van der Waals surface area contributed by atoms with E-state index in [1.54, 1.807) is 12.5 Å². The second-order valence-electron chi connectivity index (χ2n) is 5.15. The molecule has 1 aliphatic rings. The lowest BCUT2D eigenvalue weighted by Crippen LogP contribution is -2.44. The molecule has 1 aromatic carbocycles. The lowest BCUT2D eigenvalue weighted by atomic mass is 10.0. The van der Waals surface area contributed by atoms with E-state index in [0.717, 1.165) is 19.4 Å². The molecule has 20 heavy (non-hydrogen) atoms. The maximum absolute atomic E-state index is 6.31. The number of hydrogen-bond acceptors (Lipinski definition) is 3. The van der Waals surface area contributed by atoms with Gasteiger partial charge in [-0.25, -0.2) is 4.98 Å². The molecule has 4 nitrogen and oxygen atoms in total. The molecule has 106 valence electrons. The van der Waals surface area contributed by atoms with Gasteiger partial charge in [0.25, 0.3) is 0 Å². The van der Waals surface area contributed by atoms with Crippen LogP contribution in [-0.4, -0.2) is 21.9 Å². The molecule has 0 N–H and O–H groups in total. The number of hydrogen-bond donors (Lipinski definition) is 0. The van der Waals surface area contributed by atoms with Gasteiger partial charge in [-0.1, -0.05) is 37.3 Å². The van der Waals surface area contributed by atoms with Crippen molar-refractivity contribution in [3.63, 3.8) is 0 Å². The van der Waals surface area contributed by atoms with Crippen molar-refractivity contribution in [3.8, 4) is 0 Å². The van der Waals surface area contributed by atoms with E-state index in [0.29, 0.717) is 6.54 Å². The highest BCUT2D eigenvalue weighted by Gasteiger charge is 2.37. The summed E-state index contributed by atoms with van der Waals surface area (Å²) in [5.74, 6) is -0.556. The maximum atomic E-state index is 6.31. The van der Waals surface area contributed by atoms with E-state index >= 15 is 0 Å². The van der Waals surface area contributed by atoms with Crippen LogP contribution in [0.3, 0.4) is 0 Å². The highest BCUT2D eigenvalue weighted by Crippen LogP contribution is 2.35. The maximum Gasteiger partial charge on any atom is 0.186 e. The summed E-state index contributed by atoms with van der Waals surface area (Å²) in [6.07, 6.45) is 7.34. The van der Waals surface area contributed by atoms with Crippen LogP contribution in [0.2, 0.25) is 0 Å². The third kappa shape index (κ3) is 2.76. The summed E-state index contributed by atoms with van der Waals surface area (Å²) in [6, 6.07) is 10.4. The quantitative estimate of drug-likeness (QED) is 0.857. The molecule has 1 aliphatic heterocycles. The fraction of sp³-hybridized carbons (Fsp3) is 0.438. The Morgan fingerprint density at radius 3 is 2.90 bits per heavy atom. The third-order valence-corrected chi connectivity index (χ3v) is 3.79. The highest BCUT2D eigenvalue weighted by molar-refractivity contribution is 5.18. The van der Waals surface area contributed by atoms with Crippen molar-refractivity contribution >= 4 is 0 Å². The van der Waals surface area contributed by atoms with Crippen molar-refractivity contribution in [2.75, 3.05) is 6.61 Å². The van der Waals surface area contributed by atoms with Crippen molar-refractivity contribution in [1.29, 1.82) is 0 Å². The molecule has 2 atom stereocenters. The molecular weight excluding hydrogens is 252 g/mol. The molecular formula is C16H20N2O2. The van der Waals surface area contributed by atoms with Crippen LogP contribution in [0.4, 0.5) is 0 Å². The molecule has 1 aromatic heterocycles. The van der Waals surface area contributed by atoms with E-state index in [4.69, 9.17) is 9.47 Å². The SMILES string of the molecule is CCC1(Cn2ccnc2)OCCC(c2ccccc2)O1. The van der Waals surface area contributed by atoms with E-state index in [9.17, 15) is 0 Å². The molecule has 0 saturated carbocycles. The molecule has 0 aliphatic carbocycles. The van der Waals surface area contributed by atoms with Crippen LogP contribution in [0, 0.1) is 0 Å². The van der Waals surface area contributed by atoms with Crippen LogP contribution >= 0.6 is 0 Å². The minimum absolute atomic E-state index is 0.105. The highest BCUT2D eigenvalue weighted by atomic mass is 16.7. The predicted octanol–water partition coefficient (Wildman–Crippen LogP) is 3.17. The lowest BCUT2D eigenvalue weighted by molar-refractivity contribution is -0.303. The van der Waals surface area contributed by atoms with Crippen LogP contribution in [-0.2, 0) is 16.0 Å². The molecule has 0 radical (unpaired) electrons. The van der Waals surface area contributed by atoms with Gasteiger partial charge >= 0.3 is 0 Å². The first-order valence-corrected chi connectivity index (χ1v) is 7.14. The summed E-state index contributed by atoms with van der Waals surface area (Å²) in [5.41, 5.74) is 1.22. The van der Waals surface area contributed by atoms with Gasteiger partial charge in [0.15, 0.2) is 5.79 Å². The number of nitrogens with zero attached hydrogens (tertiary/aromatic N) is 2. The first-order valence-electron chi connectivity index (χ1n) is 7.14. The van der Waals surface area contributed by atoms with Gasteiger partial charge in [-0.3, -0.25) is 0 Å². The summed E-state index contributed by atoms with van der Waals surface area (Å²) in [7, 11) is 0. The van der Waals surface area contributed by atoms with Gasteiger partial charge in [-0.15, -0.1) is 0 Å². The Balaban J connectivity index is 1.78. The number of imidazole rings is 1. The Kier molecular flexibility index (Phi) is 3.85. The van der Waals surface area contributed by atoms with Crippen LogP contribution in [0.5, 0.6) is 0 Å². The Morgan fingerprint density at radius 2 is 2.20 bits per heavy atom. The topological polar surface area (TPSA) is 36.3 Å². The summed E-state index contributed by atoms with van der Waals surface area (Å²) < 4.78 is 14.3. The normalized spacial score (nSPS) is 26.6. The average Bonchev–Trinajstić information content (AvgIpc) is 3.01. The fourth-order valence-electron chi connectivity index (χ4n) is 2.65. The minimum Gasteiger partial charge on any atom is -0.348 e. The summed E-state index contributed by atoms with van der Waals surface area (Å²) >= 11 is 0. The molecule has 2 heterocycles. The van der Waals surface area contributed by atoms with E-state index in [1.807, 2.05) is 16.8 Å². The van der Waals surface area contributed by atoms with E-state index in [1.165, 1.54) is 5.56 Å². The molecule has 2 unspecified atom stereocenters. The standard InChI is InChI=1S/C16H20N2O2/c1-2-16(12-18-10-9-17-13-18)19-11-8-15(20-16)14-6-4-3-5-7-14/h3-7,9-10,13,15H,2,8,11-12H2,1H3. The first kappa shape index (κ1) is 13.3. The number of ether oxygens (including phenoxy) is 2. The fourth-order valence-corrected chi connectivity index (χ4v) is 2.65. The van der Waals surface area contributed by atoms with Crippen molar-refractivity contribution in [2.45, 2.75) is 38.2 Å². The Hall–Kier alpha value is -1.65. The van der Waals surface area contributed by atoms with Crippen LogP contribution in [0.15, 0.2) is 49.1 Å². The van der Waals surface area contributed by atoms with E-state index in [2.05, 4.69) is 36.2 Å². The summed E-state index contributed by atoms with van der Waals surface area (Å²) in [6.45, 7) is 3.50. The zero-order valence-electron chi connectivity index (χ0n) is 11.7. The monoisotopic (exact) mass is 272 g/mol. The largest absolute Gasteiger partial charge is 0.348 e. The van der Waals surface area contributed by atoms with Crippen LogP contribution in [0.1, 0.15) is 31.4 Å². The summed E-state index contributed by atoms with van der Waals surface area (Å²) in [5, 5.41) is 0. The molecule has 1 saturated heterocycles. The van der Waals surface area contributed by atoms with Gasteiger partial charge in [0.1, 0.15) is 0 Å². The Bertz CT molecular complexity index is 527. The summed E-state index contributed by atoms with van der Waals surface area (Å²) in [4.78, 5) is 4.08. The first-order chi connectivity index (χ1) is 9.81. The lowest BCUT2D eigenvalue weighted by Gasteiger charge is -2.41. The smallest absolute Gasteiger partial charge is 0.186 e. The Labute approximate surface area is 119 Å². The Morgan fingerprint density at radius 1 is 1.35 bits per heavy atom. The zero-order valence-corrected chi connectivity index (χ0v) is 11.7. The van der Waals surface area contributed by atoms with E-state index < -0.39 is 5.79 Å². The number of benzene rings is 1. The van der Waals surface area contributed by atoms with Gasteiger partial charge < -0.3 is 14.0 Å². The van der Waals surface area contributed by atoms with Crippen molar-refractivity contribution in [3.05, 3.63) is 54.6 Å². The van der Waals surface area contributed by atoms with E-state index in [-0.39, 0.29) is 6.10 Å². The molecule has 1 fully saturated rings. The molecule has 4 heteroatoms. The van der Waals surface area contributed by atoms with Crippen LogP contribution in [0.25, 0.3) is 0 Å². The second-order valence-corrected chi connectivity index (χ2v) is 5.15. The molecule has 0 spiro atoms. The van der Waals surface area contributed by atoms with Gasteiger partial charge in [-0.05, 0) is 5.56 Å². The van der Waals surface area contributed by atoms with Crippen molar-refractivity contribution in [1.82, 2.24) is 9.55 Å². The van der Waals surface area contributed by atoms with Crippen molar-refractivity contribution < 1.29 is 9.47 Å².